The number of halogens is 2. The number of H-pyrrole nitrogens is 4. The number of aromatic amines is 4. The molecular formula is C47H34Br2N14O6S. The number of ether oxygens (including phenoxy) is 1. The van der Waals surface area contributed by atoms with Crippen molar-refractivity contribution in [3.05, 3.63) is 164 Å². The lowest BCUT2D eigenvalue weighted by molar-refractivity contribution is -0.152. The van der Waals surface area contributed by atoms with Crippen molar-refractivity contribution in [2.45, 2.75) is 13.0 Å². The van der Waals surface area contributed by atoms with Gasteiger partial charge in [-0.25, -0.2) is 0 Å². The molecule has 1 atom stereocenters. The molecule has 8 N–H and O–H groups in total. The zero-order valence-corrected chi connectivity index (χ0v) is 40.1. The molecule has 23 heteroatoms. The van der Waals surface area contributed by atoms with E-state index in [1.165, 1.54) is 18.3 Å². The van der Waals surface area contributed by atoms with Gasteiger partial charge in [0.2, 0.25) is 17.8 Å². The van der Waals surface area contributed by atoms with E-state index < -0.39 is 23.9 Å². The van der Waals surface area contributed by atoms with Gasteiger partial charge in [0, 0.05) is 43.3 Å². The maximum absolute atomic E-state index is 13.2. The molecule has 5 aromatic heterocycles. The molecule has 0 spiro atoms. The minimum atomic E-state index is -1.14. The van der Waals surface area contributed by atoms with Gasteiger partial charge in [0.25, 0.3) is 23.6 Å². The van der Waals surface area contributed by atoms with Crippen LogP contribution in [0.4, 0.5) is 22.7 Å². The molecule has 0 saturated heterocycles. The molecule has 20 nitrogen and oxygen atoms in total. The monoisotopic (exact) mass is 1080 g/mol. The van der Waals surface area contributed by atoms with Crippen molar-refractivity contribution in [1.29, 1.82) is 0 Å². The maximum atomic E-state index is 13.2. The molecule has 0 fully saturated rings. The summed E-state index contributed by atoms with van der Waals surface area (Å²) >= 11 is 8.20. The first-order valence-electron chi connectivity index (χ1n) is 20.8. The molecule has 5 heterocycles. The van der Waals surface area contributed by atoms with Crippen molar-refractivity contribution in [3.8, 4) is 22.8 Å². The van der Waals surface area contributed by atoms with E-state index in [-0.39, 0.29) is 17.5 Å². The largest absolute Gasteiger partial charge is 0.447 e. The van der Waals surface area contributed by atoms with E-state index in [4.69, 9.17) is 4.74 Å². The Balaban J connectivity index is 0.000000176. The highest BCUT2D eigenvalue weighted by Gasteiger charge is 2.25. The summed E-state index contributed by atoms with van der Waals surface area (Å²) < 4.78 is 6.89. The zero-order chi connectivity index (χ0) is 48.7. The van der Waals surface area contributed by atoms with Crippen molar-refractivity contribution in [2.75, 3.05) is 21.3 Å². The fourth-order valence-corrected chi connectivity index (χ4v) is 8.52. The fraction of sp³-hybridized carbons (Fsp3) is 0.0426. The molecule has 348 valence electrons. The third kappa shape index (κ3) is 10.5. The number of tetrazole rings is 2. The molecule has 0 bridgehead atoms. The third-order valence-corrected chi connectivity index (χ3v) is 12.2. The first-order valence-corrected chi connectivity index (χ1v) is 23.2. The number of aromatic nitrogens is 10. The standard InChI is InChI=1S/C26H20BrN7O4.C21H14BrN7O2S/c1-14(35)38-23(15-6-3-2-4-7-15)26(37)30-20-9-5-8-16-12-21(28-22(16)20)25(36)29-19-11-10-17(27)13-18(19)24-31-33-34-32-24;22-12-6-7-14(13(10-12)19-26-28-29-27-19)24-20(30)16-9-11-3-1-4-15(18(11)23-16)25-21(31)17-5-2-8-32-17/h2-13,23,28H,1H3,(H,29,36)(H,30,37)(H,31,32,33,34);1-10,23H,(H,24,30)(H,25,31)(H,26,27,28,29). The lowest BCUT2D eigenvalue weighted by atomic mass is 10.1. The number of para-hydroxylation sites is 2. The Morgan fingerprint density at radius 1 is 0.571 bits per heavy atom. The second kappa shape index (κ2) is 20.7. The lowest BCUT2D eigenvalue weighted by Gasteiger charge is -2.17. The van der Waals surface area contributed by atoms with Gasteiger partial charge in [-0.05, 0) is 82.5 Å². The zero-order valence-electron chi connectivity index (χ0n) is 36.1. The summed E-state index contributed by atoms with van der Waals surface area (Å²) in [6.07, 6.45) is -1.14. The second-order valence-electron chi connectivity index (χ2n) is 15.0. The number of nitrogens with zero attached hydrogens (tertiary/aromatic N) is 6. The average Bonchev–Trinajstić information content (AvgIpc) is 4.22. The minimum Gasteiger partial charge on any atom is -0.447 e. The molecule has 0 radical (unpaired) electrons. The van der Waals surface area contributed by atoms with Crippen LogP contribution in [0, 0.1) is 0 Å². The minimum absolute atomic E-state index is 0.201. The molecule has 70 heavy (non-hydrogen) atoms. The summed E-state index contributed by atoms with van der Waals surface area (Å²) in [4.78, 5) is 70.3. The molecule has 1 unspecified atom stereocenters. The highest BCUT2D eigenvalue weighted by Crippen LogP contribution is 2.32. The molecule has 4 amide bonds. The van der Waals surface area contributed by atoms with Crippen molar-refractivity contribution in [3.63, 3.8) is 0 Å². The van der Waals surface area contributed by atoms with Gasteiger partial charge in [0.15, 0.2) is 0 Å². The Morgan fingerprint density at radius 3 is 1.59 bits per heavy atom. The number of carbonyl (C=O) groups is 5. The first kappa shape index (κ1) is 46.4. The third-order valence-electron chi connectivity index (χ3n) is 10.3. The number of benzene rings is 5. The number of fused-ring (bicyclic) bond motifs is 2. The predicted octanol–water partition coefficient (Wildman–Crippen LogP) is 9.28. The van der Waals surface area contributed by atoms with Gasteiger partial charge in [-0.2, -0.15) is 10.4 Å². The molecule has 0 saturated carbocycles. The van der Waals surface area contributed by atoms with E-state index in [1.807, 2.05) is 35.7 Å². The van der Waals surface area contributed by atoms with Gasteiger partial charge >= 0.3 is 5.97 Å². The number of esters is 1. The number of anilines is 4. The number of thiophene rings is 1. The van der Waals surface area contributed by atoms with Crippen LogP contribution >= 0.6 is 43.2 Å². The highest BCUT2D eigenvalue weighted by atomic mass is 79.9. The number of hydrogen-bond donors (Lipinski definition) is 8. The lowest BCUT2D eigenvalue weighted by Crippen LogP contribution is -2.25. The summed E-state index contributed by atoms with van der Waals surface area (Å²) in [5, 5.41) is 42.8. The van der Waals surface area contributed by atoms with Gasteiger partial charge in [0.1, 0.15) is 11.4 Å². The Bertz CT molecular complexity index is 3530. The van der Waals surface area contributed by atoms with Crippen molar-refractivity contribution in [1.82, 2.24) is 51.2 Å². The van der Waals surface area contributed by atoms with Crippen LogP contribution < -0.4 is 21.3 Å². The van der Waals surface area contributed by atoms with Crippen LogP contribution in [0.15, 0.2) is 142 Å². The molecule has 10 aromatic rings. The number of amides is 4. The number of nitrogens with one attached hydrogen (secondary N) is 8. The SMILES string of the molecule is CC(=O)OC(C(=O)Nc1cccc2cc(C(=O)Nc3ccc(Br)cc3-c3nn[nH]n3)[nH]c12)c1ccccc1.O=C(Nc1ccc(Br)cc1-c1nn[nH]n1)c1cc2cccc(NC(=O)c3cccs3)c2[nH]1. The van der Waals surface area contributed by atoms with Crippen molar-refractivity contribution in [2.24, 2.45) is 0 Å². The normalized spacial score (nSPS) is 11.3. The van der Waals surface area contributed by atoms with E-state index in [2.05, 4.69) is 104 Å². The number of rotatable bonds is 12. The van der Waals surface area contributed by atoms with Crippen LogP contribution in [-0.2, 0) is 14.3 Å². The topological polar surface area (TPSA) is 283 Å². The van der Waals surface area contributed by atoms with Crippen LogP contribution in [0.25, 0.3) is 44.6 Å². The predicted molar refractivity (Wildman–Crippen MR) is 269 cm³/mol. The van der Waals surface area contributed by atoms with Crippen LogP contribution in [0.1, 0.15) is 49.2 Å². The summed E-state index contributed by atoms with van der Waals surface area (Å²) in [5.41, 5.74) is 5.57. The van der Waals surface area contributed by atoms with E-state index in [0.29, 0.717) is 78.1 Å². The van der Waals surface area contributed by atoms with Gasteiger partial charge < -0.3 is 36.0 Å². The van der Waals surface area contributed by atoms with Gasteiger partial charge in [-0.1, -0.05) is 92.5 Å². The summed E-state index contributed by atoms with van der Waals surface area (Å²) in [5.74, 6) is -1.39. The van der Waals surface area contributed by atoms with E-state index in [1.54, 1.807) is 97.1 Å². The fourth-order valence-electron chi connectivity index (χ4n) is 7.17. The van der Waals surface area contributed by atoms with Crippen molar-refractivity contribution >= 4 is 117 Å². The summed E-state index contributed by atoms with van der Waals surface area (Å²) in [6, 6.07) is 37.1. The molecule has 5 aromatic carbocycles. The van der Waals surface area contributed by atoms with Gasteiger partial charge in [0.05, 0.1) is 38.7 Å². The maximum Gasteiger partial charge on any atom is 0.303 e. The van der Waals surface area contributed by atoms with E-state index in [0.717, 1.165) is 14.3 Å². The first-order chi connectivity index (χ1) is 34.0. The molecule has 0 aliphatic rings. The number of hydrogen-bond acceptors (Lipinski definition) is 13. The van der Waals surface area contributed by atoms with E-state index in [9.17, 15) is 24.0 Å². The Kier molecular flexibility index (Phi) is 13.7. The second-order valence-corrected chi connectivity index (χ2v) is 17.8. The van der Waals surface area contributed by atoms with Gasteiger partial charge in [-0.3, -0.25) is 24.0 Å². The molecular weight excluding hydrogens is 1050 g/mol. The average molecular weight is 1080 g/mol. The molecule has 10 rings (SSSR count). The van der Waals surface area contributed by atoms with Crippen LogP contribution in [0.2, 0.25) is 0 Å². The Hall–Kier alpha value is -8.67. The Morgan fingerprint density at radius 2 is 1.10 bits per heavy atom. The summed E-state index contributed by atoms with van der Waals surface area (Å²) in [6.45, 7) is 1.25. The van der Waals surface area contributed by atoms with Crippen molar-refractivity contribution < 1.29 is 28.7 Å². The summed E-state index contributed by atoms with van der Waals surface area (Å²) in [7, 11) is 0. The number of carbonyl (C=O) groups excluding carboxylic acids is 5. The molecule has 0 aliphatic carbocycles. The quantitative estimate of drug-likeness (QED) is 0.0531. The van der Waals surface area contributed by atoms with Crippen LogP contribution in [0.5, 0.6) is 0 Å². The van der Waals surface area contributed by atoms with Crippen LogP contribution in [0.3, 0.4) is 0 Å². The highest BCUT2D eigenvalue weighted by molar-refractivity contribution is 9.10. The van der Waals surface area contributed by atoms with Crippen LogP contribution in [-0.4, -0.2) is 80.8 Å². The molecule has 0 aliphatic heterocycles. The van der Waals surface area contributed by atoms with Gasteiger partial charge in [-0.15, -0.1) is 31.7 Å². The van der Waals surface area contributed by atoms with E-state index >= 15 is 0 Å². The Labute approximate surface area is 415 Å². The smallest absolute Gasteiger partial charge is 0.303 e.